The Labute approximate surface area is 56.4 Å². The monoisotopic (exact) mass is 142 g/mol. The van der Waals surface area contributed by atoms with E-state index in [0.29, 0.717) is 0 Å². The van der Waals surface area contributed by atoms with Gasteiger partial charge in [-0.25, -0.2) is 0 Å². The van der Waals surface area contributed by atoms with Crippen molar-refractivity contribution in [1.82, 2.24) is 9.55 Å². The Bertz CT molecular complexity index is 247. The first kappa shape index (κ1) is 6.53. The minimum absolute atomic E-state index is 0.145. The Kier molecular flexibility index (Phi) is 1.29. The van der Waals surface area contributed by atoms with Gasteiger partial charge in [-0.1, -0.05) is 0 Å². The summed E-state index contributed by atoms with van der Waals surface area (Å²) in [6.07, 6.45) is 1.26. The Morgan fingerprint density at radius 1 is 1.90 bits per heavy atom. The van der Waals surface area contributed by atoms with Gasteiger partial charge in [-0.3, -0.25) is 4.57 Å². The average molecular weight is 142 g/mol. The van der Waals surface area contributed by atoms with Gasteiger partial charge in [0.25, 0.3) is 0 Å². The summed E-state index contributed by atoms with van der Waals surface area (Å²) in [6.45, 7) is 0. The van der Waals surface area contributed by atoms with Crippen LogP contribution in [-0.2, 0) is 7.05 Å². The number of aromatic nitrogens is 2. The topological polar surface area (TPSA) is 87.0 Å². The smallest absolute Gasteiger partial charge is 0.358 e. The van der Waals surface area contributed by atoms with Gasteiger partial charge in [0, 0.05) is 12.0 Å². The fraction of sp³-hybridized carbons (Fsp3) is 0.250. The molecule has 6 nitrogen and oxygen atoms in total. The van der Waals surface area contributed by atoms with Crippen molar-refractivity contribution in [1.29, 1.82) is 0 Å². The molecule has 0 bridgehead atoms. The highest BCUT2D eigenvalue weighted by Crippen LogP contribution is 2.09. The molecule has 0 radical (unpaired) electrons. The Morgan fingerprint density at radius 3 is 2.70 bits per heavy atom. The number of hydrogen-bond acceptors (Lipinski definition) is 4. The number of nitrogens with zero attached hydrogens (tertiary/aromatic N) is 3. The van der Waals surface area contributed by atoms with E-state index in [1.54, 1.807) is 7.05 Å². The van der Waals surface area contributed by atoms with Crippen LogP contribution >= 0.6 is 0 Å². The third-order valence-corrected chi connectivity index (χ3v) is 1.09. The normalized spacial score (nSPS) is 9.70. The fourth-order valence-electron chi connectivity index (χ4n) is 0.552. The van der Waals surface area contributed by atoms with Gasteiger partial charge in [0.2, 0.25) is 0 Å². The van der Waals surface area contributed by atoms with Crippen LogP contribution in [0.15, 0.2) is 6.20 Å². The van der Waals surface area contributed by atoms with Crippen molar-refractivity contribution < 1.29 is 4.92 Å². The molecule has 1 aromatic rings. The zero-order valence-corrected chi connectivity index (χ0v) is 5.31. The summed E-state index contributed by atoms with van der Waals surface area (Å²) in [5, 5.41) is 10.0. The Balaban J connectivity index is 3.10. The maximum atomic E-state index is 10.0. The number of hydrogen-bond donors (Lipinski definition) is 1. The highest BCUT2D eigenvalue weighted by Gasteiger charge is 2.12. The van der Waals surface area contributed by atoms with Crippen molar-refractivity contribution in [2.24, 2.45) is 7.05 Å². The molecule has 54 valence electrons. The van der Waals surface area contributed by atoms with Crippen molar-refractivity contribution in [3.63, 3.8) is 0 Å². The number of imidazole rings is 1. The molecule has 0 amide bonds. The lowest BCUT2D eigenvalue weighted by Crippen LogP contribution is -1.94. The van der Waals surface area contributed by atoms with Crippen molar-refractivity contribution in [2.75, 3.05) is 5.73 Å². The van der Waals surface area contributed by atoms with Crippen molar-refractivity contribution in [2.45, 2.75) is 0 Å². The summed E-state index contributed by atoms with van der Waals surface area (Å²) in [4.78, 5) is 12.9. The van der Waals surface area contributed by atoms with Gasteiger partial charge in [0.05, 0.1) is 0 Å². The largest absolute Gasteiger partial charge is 0.383 e. The van der Waals surface area contributed by atoms with Crippen molar-refractivity contribution in [3.8, 4) is 0 Å². The Hall–Kier alpha value is -1.59. The van der Waals surface area contributed by atoms with Gasteiger partial charge in [-0.2, -0.15) is 0 Å². The summed E-state index contributed by atoms with van der Waals surface area (Å²) in [5.41, 5.74) is 5.23. The first-order valence-corrected chi connectivity index (χ1v) is 2.54. The van der Waals surface area contributed by atoms with Crippen LogP contribution in [0.5, 0.6) is 0 Å². The van der Waals surface area contributed by atoms with Gasteiger partial charge in [0.1, 0.15) is 6.20 Å². The van der Waals surface area contributed by atoms with E-state index in [1.165, 1.54) is 10.8 Å². The summed E-state index contributed by atoms with van der Waals surface area (Å²) in [6, 6.07) is 0. The van der Waals surface area contributed by atoms with Crippen molar-refractivity contribution in [3.05, 3.63) is 16.3 Å². The predicted molar refractivity (Wildman–Crippen MR) is 34.3 cm³/mol. The maximum absolute atomic E-state index is 10.0. The molecule has 1 aromatic heterocycles. The van der Waals surface area contributed by atoms with E-state index in [1.807, 2.05) is 0 Å². The molecule has 0 saturated carbocycles. The van der Waals surface area contributed by atoms with E-state index in [9.17, 15) is 10.1 Å². The standard InChI is InChI=1S/C4H6N4O2/c1-7-2-3(8(9)10)6-4(7)5/h2H,1H3,(H2,5,6). The lowest BCUT2D eigenvalue weighted by Gasteiger charge is -1.83. The second-order valence-corrected chi connectivity index (χ2v) is 1.83. The zero-order valence-electron chi connectivity index (χ0n) is 5.31. The molecule has 0 fully saturated rings. The molecular formula is C4H6N4O2. The molecule has 0 aromatic carbocycles. The van der Waals surface area contributed by atoms with Crippen LogP contribution in [0, 0.1) is 10.1 Å². The number of nitrogen functional groups attached to an aromatic ring is 1. The van der Waals surface area contributed by atoms with Gasteiger partial charge in [-0.05, 0) is 4.92 Å². The lowest BCUT2D eigenvalue weighted by molar-refractivity contribution is -0.389. The van der Waals surface area contributed by atoms with Gasteiger partial charge in [-0.15, -0.1) is 0 Å². The van der Waals surface area contributed by atoms with Crippen LogP contribution in [0.1, 0.15) is 0 Å². The highest BCUT2D eigenvalue weighted by molar-refractivity contribution is 5.28. The molecule has 0 spiro atoms. The molecule has 0 aliphatic heterocycles. The number of anilines is 1. The van der Waals surface area contributed by atoms with E-state index in [4.69, 9.17) is 5.73 Å². The summed E-state index contributed by atoms with van der Waals surface area (Å²) in [7, 11) is 1.59. The quantitative estimate of drug-likeness (QED) is 0.438. The molecule has 1 heterocycles. The maximum Gasteiger partial charge on any atom is 0.383 e. The molecule has 0 aliphatic carbocycles. The first-order valence-electron chi connectivity index (χ1n) is 2.54. The van der Waals surface area contributed by atoms with E-state index < -0.39 is 4.92 Å². The van der Waals surface area contributed by atoms with E-state index in [0.717, 1.165) is 0 Å². The van der Waals surface area contributed by atoms with Crippen LogP contribution in [0.3, 0.4) is 0 Å². The molecule has 1 rings (SSSR count). The van der Waals surface area contributed by atoms with Gasteiger partial charge >= 0.3 is 11.8 Å². The Morgan fingerprint density at radius 2 is 2.50 bits per heavy atom. The van der Waals surface area contributed by atoms with E-state index >= 15 is 0 Å². The highest BCUT2D eigenvalue weighted by atomic mass is 16.6. The van der Waals surface area contributed by atoms with Crippen molar-refractivity contribution >= 4 is 11.8 Å². The van der Waals surface area contributed by atoms with Crippen LogP contribution in [0.2, 0.25) is 0 Å². The summed E-state index contributed by atoms with van der Waals surface area (Å²) in [5.74, 6) is -0.0771. The van der Waals surface area contributed by atoms with E-state index in [2.05, 4.69) is 4.98 Å². The predicted octanol–water partition coefficient (Wildman–Crippen LogP) is -0.0895. The molecule has 0 aliphatic rings. The van der Waals surface area contributed by atoms with Gasteiger partial charge in [0.15, 0.2) is 0 Å². The third-order valence-electron chi connectivity index (χ3n) is 1.09. The molecule has 6 heteroatoms. The van der Waals surface area contributed by atoms with Crippen LogP contribution in [0.4, 0.5) is 11.8 Å². The molecule has 0 unspecified atom stereocenters. The lowest BCUT2D eigenvalue weighted by atomic mass is 10.8. The molecule has 10 heavy (non-hydrogen) atoms. The molecule has 2 N–H and O–H groups in total. The number of rotatable bonds is 1. The second-order valence-electron chi connectivity index (χ2n) is 1.83. The first-order chi connectivity index (χ1) is 4.61. The van der Waals surface area contributed by atoms with Crippen LogP contribution in [0.25, 0.3) is 0 Å². The number of aryl methyl sites for hydroxylation is 1. The van der Waals surface area contributed by atoms with Crippen LogP contribution in [-0.4, -0.2) is 14.5 Å². The molecule has 0 atom stereocenters. The second kappa shape index (κ2) is 1.98. The summed E-state index contributed by atoms with van der Waals surface area (Å²) >= 11 is 0. The number of nitro groups is 1. The zero-order chi connectivity index (χ0) is 7.72. The van der Waals surface area contributed by atoms with Crippen LogP contribution < -0.4 is 5.73 Å². The van der Waals surface area contributed by atoms with Gasteiger partial charge < -0.3 is 15.8 Å². The average Bonchev–Trinajstić information content (AvgIpc) is 2.13. The minimum atomic E-state index is -0.587. The van der Waals surface area contributed by atoms with E-state index in [-0.39, 0.29) is 11.8 Å². The molecular weight excluding hydrogens is 136 g/mol. The number of nitrogens with two attached hydrogens (primary N) is 1. The SMILES string of the molecule is Cn1cc([N+](=O)[O-])nc1N. The molecule has 0 saturated heterocycles. The fourth-order valence-corrected chi connectivity index (χ4v) is 0.552. The summed E-state index contributed by atoms with van der Waals surface area (Å²) < 4.78 is 1.39. The minimum Gasteiger partial charge on any atom is -0.358 e. The third kappa shape index (κ3) is 0.903.